The van der Waals surface area contributed by atoms with E-state index in [1.54, 1.807) is 36.3 Å². The number of hydrogen-bond donors (Lipinski definition) is 1. The Morgan fingerprint density at radius 2 is 1.50 bits per heavy atom. The van der Waals surface area contributed by atoms with Gasteiger partial charge in [-0.2, -0.15) is 0 Å². The number of carbonyl (C=O) groups is 2. The second kappa shape index (κ2) is 9.78. The molecule has 0 spiro atoms. The smallest absolute Gasteiger partial charge is 0.262 e. The summed E-state index contributed by atoms with van der Waals surface area (Å²) in [5.41, 5.74) is 1.21. The van der Waals surface area contributed by atoms with E-state index < -0.39 is 0 Å². The lowest BCUT2D eigenvalue weighted by molar-refractivity contribution is -0.118. The van der Waals surface area contributed by atoms with E-state index in [-0.39, 0.29) is 18.4 Å². The molecule has 6 nitrogen and oxygen atoms in total. The molecule has 0 saturated heterocycles. The van der Waals surface area contributed by atoms with Gasteiger partial charge in [-0.25, -0.2) is 0 Å². The van der Waals surface area contributed by atoms with Crippen LogP contribution in [0.4, 0.5) is 5.69 Å². The average Bonchev–Trinajstić information content (AvgIpc) is 2.78. The van der Waals surface area contributed by atoms with Crippen LogP contribution in [0.25, 0.3) is 10.8 Å². The van der Waals surface area contributed by atoms with Gasteiger partial charge < -0.3 is 19.7 Å². The van der Waals surface area contributed by atoms with Crippen molar-refractivity contribution >= 4 is 28.3 Å². The van der Waals surface area contributed by atoms with Crippen molar-refractivity contribution < 1.29 is 19.1 Å². The maximum Gasteiger partial charge on any atom is 0.262 e. The minimum absolute atomic E-state index is 0.0193. The van der Waals surface area contributed by atoms with Crippen molar-refractivity contribution in [2.24, 2.45) is 0 Å². The summed E-state index contributed by atoms with van der Waals surface area (Å²) in [6, 6.07) is 18.3. The van der Waals surface area contributed by atoms with E-state index in [0.717, 1.165) is 16.5 Å². The van der Waals surface area contributed by atoms with E-state index in [2.05, 4.69) is 5.32 Å². The predicted octanol–water partition coefficient (Wildman–Crippen LogP) is 4.35. The zero-order valence-corrected chi connectivity index (χ0v) is 17.5. The number of nitrogens with one attached hydrogen (secondary N) is 1. The number of rotatable bonds is 8. The summed E-state index contributed by atoms with van der Waals surface area (Å²) in [6.45, 7) is 5.10. The summed E-state index contributed by atoms with van der Waals surface area (Å²) in [4.78, 5) is 26.3. The van der Waals surface area contributed by atoms with Gasteiger partial charge in [0.05, 0.1) is 7.11 Å². The monoisotopic (exact) mass is 406 g/mol. The quantitative estimate of drug-likeness (QED) is 0.604. The standard InChI is InChI=1S/C24H26N2O4/c1-4-26(5-2)24(28)18-6-10-20(11-7-18)25-23(27)16-30-22-13-9-17-8-12-21(29-3)14-19(17)15-22/h6-15H,4-5,16H2,1-3H3,(H,25,27). The molecule has 0 radical (unpaired) electrons. The molecule has 0 unspecified atom stereocenters. The fourth-order valence-corrected chi connectivity index (χ4v) is 3.16. The summed E-state index contributed by atoms with van der Waals surface area (Å²) >= 11 is 0. The van der Waals surface area contributed by atoms with Crippen molar-refractivity contribution in [1.82, 2.24) is 4.90 Å². The fraction of sp³-hybridized carbons (Fsp3) is 0.250. The second-order valence-electron chi connectivity index (χ2n) is 6.77. The largest absolute Gasteiger partial charge is 0.497 e. The van der Waals surface area contributed by atoms with E-state index in [1.807, 2.05) is 50.2 Å². The number of carbonyl (C=O) groups excluding carboxylic acids is 2. The lowest BCUT2D eigenvalue weighted by atomic mass is 10.1. The Balaban J connectivity index is 1.58. The minimum atomic E-state index is -0.274. The van der Waals surface area contributed by atoms with Gasteiger partial charge in [0.1, 0.15) is 11.5 Å². The number of methoxy groups -OCH3 is 1. The van der Waals surface area contributed by atoms with Crippen molar-refractivity contribution in [2.75, 3.05) is 32.1 Å². The lowest BCUT2D eigenvalue weighted by Gasteiger charge is -2.18. The molecule has 0 aromatic heterocycles. The third-order valence-electron chi connectivity index (χ3n) is 4.86. The number of anilines is 1. The average molecular weight is 406 g/mol. The van der Waals surface area contributed by atoms with Gasteiger partial charge in [-0.15, -0.1) is 0 Å². The molecule has 0 aliphatic rings. The third kappa shape index (κ3) is 5.08. The van der Waals surface area contributed by atoms with Crippen molar-refractivity contribution in [3.8, 4) is 11.5 Å². The van der Waals surface area contributed by atoms with Gasteiger partial charge in [0, 0.05) is 24.3 Å². The van der Waals surface area contributed by atoms with E-state index in [0.29, 0.717) is 30.1 Å². The number of nitrogens with zero attached hydrogens (tertiary/aromatic N) is 1. The topological polar surface area (TPSA) is 67.9 Å². The SMILES string of the molecule is CCN(CC)C(=O)c1ccc(NC(=O)COc2ccc3ccc(OC)cc3c2)cc1. The number of fused-ring (bicyclic) bond motifs is 1. The molecule has 156 valence electrons. The minimum Gasteiger partial charge on any atom is -0.497 e. The van der Waals surface area contributed by atoms with Crippen LogP contribution >= 0.6 is 0 Å². The molecule has 0 bridgehead atoms. The lowest BCUT2D eigenvalue weighted by Crippen LogP contribution is -2.30. The maximum atomic E-state index is 12.3. The van der Waals surface area contributed by atoms with Gasteiger partial charge in [-0.1, -0.05) is 12.1 Å². The highest BCUT2D eigenvalue weighted by atomic mass is 16.5. The first-order valence-electron chi connectivity index (χ1n) is 9.93. The highest BCUT2D eigenvalue weighted by molar-refractivity contribution is 5.96. The Morgan fingerprint density at radius 1 is 0.867 bits per heavy atom. The van der Waals surface area contributed by atoms with Crippen molar-refractivity contribution in [3.05, 3.63) is 66.2 Å². The Labute approximate surface area is 176 Å². The number of amides is 2. The van der Waals surface area contributed by atoms with Crippen LogP contribution in [0.15, 0.2) is 60.7 Å². The van der Waals surface area contributed by atoms with Crippen LogP contribution in [-0.2, 0) is 4.79 Å². The van der Waals surface area contributed by atoms with Gasteiger partial charge in [0.15, 0.2) is 6.61 Å². The summed E-state index contributed by atoms with van der Waals surface area (Å²) in [5.74, 6) is 1.07. The molecule has 6 heteroatoms. The Bertz CT molecular complexity index is 1030. The number of benzene rings is 3. The van der Waals surface area contributed by atoms with Crippen LogP contribution in [0.3, 0.4) is 0 Å². The van der Waals surface area contributed by atoms with E-state index in [9.17, 15) is 9.59 Å². The van der Waals surface area contributed by atoms with Crippen LogP contribution in [-0.4, -0.2) is 43.5 Å². The molecule has 3 rings (SSSR count). The maximum absolute atomic E-state index is 12.3. The molecule has 0 aliphatic carbocycles. The Morgan fingerprint density at radius 3 is 2.13 bits per heavy atom. The first-order chi connectivity index (χ1) is 14.5. The van der Waals surface area contributed by atoms with Gasteiger partial charge in [0.25, 0.3) is 11.8 Å². The first-order valence-corrected chi connectivity index (χ1v) is 9.93. The van der Waals surface area contributed by atoms with Crippen LogP contribution in [0.1, 0.15) is 24.2 Å². The highest BCUT2D eigenvalue weighted by Gasteiger charge is 2.12. The van der Waals surface area contributed by atoms with Crippen LogP contribution in [0, 0.1) is 0 Å². The van der Waals surface area contributed by atoms with Crippen molar-refractivity contribution in [1.29, 1.82) is 0 Å². The Hall–Kier alpha value is -3.54. The van der Waals surface area contributed by atoms with Gasteiger partial charge in [-0.05, 0) is 73.2 Å². The first kappa shape index (κ1) is 21.2. The van der Waals surface area contributed by atoms with E-state index in [1.165, 1.54) is 0 Å². The molecule has 3 aromatic carbocycles. The van der Waals surface area contributed by atoms with Crippen LogP contribution in [0.5, 0.6) is 11.5 Å². The Kier molecular flexibility index (Phi) is 6.91. The summed E-state index contributed by atoms with van der Waals surface area (Å²) in [6.07, 6.45) is 0. The number of hydrogen-bond acceptors (Lipinski definition) is 4. The predicted molar refractivity (Wildman–Crippen MR) is 118 cm³/mol. The van der Waals surface area contributed by atoms with E-state index >= 15 is 0 Å². The second-order valence-corrected chi connectivity index (χ2v) is 6.77. The van der Waals surface area contributed by atoms with Crippen LogP contribution < -0.4 is 14.8 Å². The zero-order valence-electron chi connectivity index (χ0n) is 17.5. The van der Waals surface area contributed by atoms with Gasteiger partial charge in [-0.3, -0.25) is 9.59 Å². The molecule has 0 fully saturated rings. The van der Waals surface area contributed by atoms with E-state index in [4.69, 9.17) is 9.47 Å². The fourth-order valence-electron chi connectivity index (χ4n) is 3.16. The molecule has 2 amide bonds. The normalized spacial score (nSPS) is 10.5. The number of ether oxygens (including phenoxy) is 2. The van der Waals surface area contributed by atoms with Gasteiger partial charge >= 0.3 is 0 Å². The van der Waals surface area contributed by atoms with Crippen LogP contribution in [0.2, 0.25) is 0 Å². The molecule has 0 heterocycles. The summed E-state index contributed by atoms with van der Waals surface area (Å²) in [7, 11) is 1.62. The molecule has 0 aliphatic heterocycles. The molecule has 30 heavy (non-hydrogen) atoms. The molecule has 1 N–H and O–H groups in total. The van der Waals surface area contributed by atoms with Gasteiger partial charge in [0.2, 0.25) is 0 Å². The summed E-state index contributed by atoms with van der Waals surface area (Å²) in [5, 5.41) is 4.82. The third-order valence-corrected chi connectivity index (χ3v) is 4.86. The zero-order chi connectivity index (χ0) is 21.5. The van der Waals surface area contributed by atoms with Crippen molar-refractivity contribution in [3.63, 3.8) is 0 Å². The highest BCUT2D eigenvalue weighted by Crippen LogP contribution is 2.25. The molecular formula is C24H26N2O4. The molecule has 0 saturated carbocycles. The summed E-state index contributed by atoms with van der Waals surface area (Å²) < 4.78 is 10.9. The van der Waals surface area contributed by atoms with Crippen molar-refractivity contribution in [2.45, 2.75) is 13.8 Å². The molecule has 3 aromatic rings. The molecule has 0 atom stereocenters. The molecular weight excluding hydrogens is 380 g/mol.